The molecule has 0 aliphatic heterocycles. The van der Waals surface area contributed by atoms with Crippen LogP contribution in [0.1, 0.15) is 21.5 Å². The van der Waals surface area contributed by atoms with E-state index in [4.69, 9.17) is 0 Å². The number of hydrogen-bond acceptors (Lipinski definition) is 6. The third-order valence-corrected chi connectivity index (χ3v) is 2.95. The van der Waals surface area contributed by atoms with Crippen LogP contribution in [0, 0.1) is 6.92 Å². The van der Waals surface area contributed by atoms with E-state index in [0.717, 1.165) is 12.1 Å². The minimum atomic E-state index is -0.726. The van der Waals surface area contributed by atoms with Gasteiger partial charge in [0.1, 0.15) is 11.5 Å². The number of carbonyl (C=O) groups excluding carboxylic acids is 1. The molecule has 0 radical (unpaired) electrons. The third-order valence-electron chi connectivity index (χ3n) is 2.95. The van der Waals surface area contributed by atoms with Crippen LogP contribution in [0.25, 0.3) is 0 Å². The number of carbonyl (C=O) groups is 1. The summed E-state index contributed by atoms with van der Waals surface area (Å²) < 4.78 is 0. The third kappa shape index (κ3) is 2.18. The van der Waals surface area contributed by atoms with E-state index in [9.17, 15) is 30.3 Å². The molecule has 0 heterocycles. The van der Waals surface area contributed by atoms with E-state index in [1.54, 1.807) is 0 Å². The Morgan fingerprint density at radius 2 is 1.10 bits per heavy atom. The quantitative estimate of drug-likeness (QED) is 0.421. The zero-order chi connectivity index (χ0) is 15.0. The molecule has 0 amide bonds. The Kier molecular flexibility index (Phi) is 3.15. The molecule has 104 valence electrons. The molecule has 6 heteroatoms. The van der Waals surface area contributed by atoms with Gasteiger partial charge in [-0.2, -0.15) is 0 Å². The topological polar surface area (TPSA) is 118 Å². The van der Waals surface area contributed by atoms with Crippen LogP contribution in [0.3, 0.4) is 0 Å². The second-order valence-corrected chi connectivity index (χ2v) is 4.33. The molecule has 20 heavy (non-hydrogen) atoms. The number of phenolic OH excluding ortho intramolecular Hbond substituents is 5. The summed E-state index contributed by atoms with van der Waals surface area (Å²) in [6, 6.07) is 4.29. The average Bonchev–Trinajstić information content (AvgIpc) is 2.40. The Labute approximate surface area is 113 Å². The van der Waals surface area contributed by atoms with E-state index >= 15 is 0 Å². The van der Waals surface area contributed by atoms with E-state index in [-0.39, 0.29) is 28.2 Å². The summed E-state index contributed by atoms with van der Waals surface area (Å²) in [5.41, 5.74) is 0.119. The number of phenols is 5. The standard InChI is InChI=1S/C14H12O6/c1-6-9(15)2-7(3-10(6)16)13(19)8-4-11(17)14(20)12(18)5-8/h2-5,15-18,20H,1H3. The molecular formula is C14H12O6. The predicted octanol–water partition coefficient (Wildman–Crippen LogP) is 1.75. The van der Waals surface area contributed by atoms with Crippen LogP contribution in [0.2, 0.25) is 0 Å². The average molecular weight is 276 g/mol. The first-order chi connectivity index (χ1) is 9.31. The fourth-order valence-corrected chi connectivity index (χ4v) is 1.72. The minimum absolute atomic E-state index is 0.0184. The van der Waals surface area contributed by atoms with Gasteiger partial charge in [0.2, 0.25) is 0 Å². The van der Waals surface area contributed by atoms with Gasteiger partial charge in [-0.25, -0.2) is 0 Å². The smallest absolute Gasteiger partial charge is 0.200 e. The summed E-state index contributed by atoms with van der Waals surface area (Å²) in [6.07, 6.45) is 0. The van der Waals surface area contributed by atoms with Crippen molar-refractivity contribution in [3.8, 4) is 28.7 Å². The Morgan fingerprint density at radius 3 is 1.50 bits per heavy atom. The van der Waals surface area contributed by atoms with Crippen molar-refractivity contribution in [2.75, 3.05) is 0 Å². The molecule has 0 unspecified atom stereocenters. The van der Waals surface area contributed by atoms with Crippen molar-refractivity contribution >= 4 is 5.78 Å². The Hall–Kier alpha value is -2.89. The summed E-state index contributed by atoms with van der Waals surface area (Å²) in [5, 5.41) is 47.1. The van der Waals surface area contributed by atoms with Crippen molar-refractivity contribution in [3.63, 3.8) is 0 Å². The van der Waals surface area contributed by atoms with Crippen LogP contribution >= 0.6 is 0 Å². The minimum Gasteiger partial charge on any atom is -0.508 e. The van der Waals surface area contributed by atoms with E-state index in [0.29, 0.717) is 0 Å². The molecular weight excluding hydrogens is 264 g/mol. The predicted molar refractivity (Wildman–Crippen MR) is 69.4 cm³/mol. The lowest BCUT2D eigenvalue weighted by molar-refractivity contribution is 0.103. The number of ketones is 1. The molecule has 0 fully saturated rings. The molecule has 0 spiro atoms. The van der Waals surface area contributed by atoms with Crippen molar-refractivity contribution in [1.82, 2.24) is 0 Å². The van der Waals surface area contributed by atoms with Gasteiger partial charge in [0.25, 0.3) is 0 Å². The lowest BCUT2D eigenvalue weighted by Gasteiger charge is -2.08. The normalized spacial score (nSPS) is 10.4. The zero-order valence-corrected chi connectivity index (χ0v) is 10.5. The van der Waals surface area contributed by atoms with Gasteiger partial charge in [-0.3, -0.25) is 4.79 Å². The van der Waals surface area contributed by atoms with Gasteiger partial charge in [0.15, 0.2) is 23.0 Å². The highest BCUT2D eigenvalue weighted by Crippen LogP contribution is 2.36. The van der Waals surface area contributed by atoms with Gasteiger partial charge >= 0.3 is 0 Å². The lowest BCUT2D eigenvalue weighted by Crippen LogP contribution is -2.01. The molecule has 5 N–H and O–H groups in total. The van der Waals surface area contributed by atoms with Crippen molar-refractivity contribution in [2.24, 2.45) is 0 Å². The summed E-state index contributed by atoms with van der Waals surface area (Å²) in [5.74, 6) is -3.15. The molecule has 0 aromatic heterocycles. The molecule has 0 aliphatic carbocycles. The largest absolute Gasteiger partial charge is 0.508 e. The molecule has 0 saturated carbocycles. The van der Waals surface area contributed by atoms with Gasteiger partial charge in [0, 0.05) is 16.7 Å². The molecule has 2 aromatic rings. The molecule has 6 nitrogen and oxygen atoms in total. The maximum absolute atomic E-state index is 12.2. The Bertz CT molecular complexity index is 599. The SMILES string of the molecule is Cc1c(O)cc(C(=O)c2cc(O)c(O)c(O)c2)cc1O. The highest BCUT2D eigenvalue weighted by atomic mass is 16.3. The van der Waals surface area contributed by atoms with Crippen LogP contribution < -0.4 is 0 Å². The monoisotopic (exact) mass is 276 g/mol. The number of benzene rings is 2. The van der Waals surface area contributed by atoms with E-state index in [2.05, 4.69) is 0 Å². The Morgan fingerprint density at radius 1 is 0.750 bits per heavy atom. The van der Waals surface area contributed by atoms with E-state index in [1.807, 2.05) is 0 Å². The first kappa shape index (κ1) is 13.5. The van der Waals surface area contributed by atoms with Gasteiger partial charge in [-0.05, 0) is 31.2 Å². The van der Waals surface area contributed by atoms with Crippen LogP contribution in [-0.2, 0) is 0 Å². The number of aromatic hydroxyl groups is 5. The number of hydrogen-bond donors (Lipinski definition) is 5. The summed E-state index contributed by atoms with van der Waals surface area (Å²) in [6.45, 7) is 1.48. The fraction of sp³-hybridized carbons (Fsp3) is 0.0714. The van der Waals surface area contributed by atoms with Gasteiger partial charge < -0.3 is 25.5 Å². The van der Waals surface area contributed by atoms with Crippen LogP contribution in [0.15, 0.2) is 24.3 Å². The first-order valence-corrected chi connectivity index (χ1v) is 5.63. The maximum Gasteiger partial charge on any atom is 0.200 e. The molecule has 0 aliphatic rings. The highest BCUT2D eigenvalue weighted by molar-refractivity contribution is 6.10. The fourth-order valence-electron chi connectivity index (χ4n) is 1.72. The van der Waals surface area contributed by atoms with Gasteiger partial charge in [-0.1, -0.05) is 0 Å². The molecule has 2 rings (SSSR count). The van der Waals surface area contributed by atoms with Crippen molar-refractivity contribution < 1.29 is 30.3 Å². The highest BCUT2D eigenvalue weighted by Gasteiger charge is 2.17. The first-order valence-electron chi connectivity index (χ1n) is 5.63. The van der Waals surface area contributed by atoms with E-state index in [1.165, 1.54) is 19.1 Å². The molecule has 2 aromatic carbocycles. The van der Waals surface area contributed by atoms with Crippen LogP contribution in [-0.4, -0.2) is 31.3 Å². The van der Waals surface area contributed by atoms with Crippen molar-refractivity contribution in [1.29, 1.82) is 0 Å². The molecule has 0 saturated heterocycles. The lowest BCUT2D eigenvalue weighted by atomic mass is 10.0. The van der Waals surface area contributed by atoms with Crippen molar-refractivity contribution in [2.45, 2.75) is 6.92 Å². The molecule has 0 bridgehead atoms. The van der Waals surface area contributed by atoms with E-state index < -0.39 is 23.0 Å². The molecule has 0 atom stereocenters. The Balaban J connectivity index is 2.52. The second-order valence-electron chi connectivity index (χ2n) is 4.33. The summed E-state index contributed by atoms with van der Waals surface area (Å²) in [4.78, 5) is 12.2. The van der Waals surface area contributed by atoms with Crippen LogP contribution in [0.4, 0.5) is 0 Å². The summed E-state index contributed by atoms with van der Waals surface area (Å²) >= 11 is 0. The van der Waals surface area contributed by atoms with Gasteiger partial charge in [0.05, 0.1) is 0 Å². The number of rotatable bonds is 2. The summed E-state index contributed by atoms with van der Waals surface area (Å²) in [7, 11) is 0. The maximum atomic E-state index is 12.2. The zero-order valence-electron chi connectivity index (χ0n) is 10.5. The van der Waals surface area contributed by atoms with Gasteiger partial charge in [-0.15, -0.1) is 0 Å². The van der Waals surface area contributed by atoms with Crippen LogP contribution in [0.5, 0.6) is 28.7 Å². The van der Waals surface area contributed by atoms with Crippen molar-refractivity contribution in [3.05, 3.63) is 41.0 Å². The second kappa shape index (κ2) is 4.65.